The second-order valence-electron chi connectivity index (χ2n) is 14.3. The van der Waals surface area contributed by atoms with Gasteiger partial charge in [-0.05, 0) is 59.9 Å². The second-order valence-corrected chi connectivity index (χ2v) is 14.3. The molecule has 1 fully saturated rings. The van der Waals surface area contributed by atoms with Crippen LogP contribution >= 0.6 is 0 Å². The lowest BCUT2D eigenvalue weighted by atomic mass is 9.95. The van der Waals surface area contributed by atoms with Gasteiger partial charge in [0.05, 0.1) is 18.1 Å². The topological polar surface area (TPSA) is 169 Å². The molecule has 0 bridgehead atoms. The number of carbonyl (C=O) groups is 5. The molecule has 12 nitrogen and oxygen atoms in total. The molecule has 0 aromatic heterocycles. The summed E-state index contributed by atoms with van der Waals surface area (Å²) in [6.45, 7) is 6.54. The zero-order chi connectivity index (χ0) is 39.9. The summed E-state index contributed by atoms with van der Waals surface area (Å²) in [5.74, 6) is -3.89. The summed E-state index contributed by atoms with van der Waals surface area (Å²) >= 11 is 0. The molecular weight excluding hydrogens is 714 g/mol. The van der Waals surface area contributed by atoms with E-state index in [0.717, 1.165) is 35.1 Å². The van der Waals surface area contributed by atoms with E-state index in [1.807, 2.05) is 54.6 Å². The maximum absolute atomic E-state index is 13.6. The standard InChI is InChI=1S/C44H51N3O9/c1-3-5-22-37(46-43(53)56-27-36-34-20-11-9-18-32(34)33-19-10-12-21-35(33)36)41(51)55-28-38(42(52)54-26-30-16-7-6-8-17-30)45-40(50)31(15-4-2)25-39(49)47-44(29-48)23-13-14-24-44/h3-4,6-12,16-21,31,36-38,48H,1-2,5,13-15,22-29H2,(H,45,50)(H,46,53)(H,47,49). The number of hydrogen-bond acceptors (Lipinski definition) is 9. The Hall–Kier alpha value is -5.75. The number of aliphatic hydroxyl groups excluding tert-OH is 1. The molecule has 3 aromatic carbocycles. The number of nitrogens with one attached hydrogen (secondary N) is 3. The molecule has 5 rings (SSSR count). The molecule has 2 aliphatic carbocycles. The SMILES string of the molecule is C=CCCC(NC(=O)OCC1c2ccccc2-c2ccccc21)C(=O)OCC(NC(=O)C(CC=C)CC(=O)NC1(CO)CCCC1)C(=O)OCc1ccccc1. The summed E-state index contributed by atoms with van der Waals surface area (Å²) in [5.41, 5.74) is 4.20. The predicted molar refractivity (Wildman–Crippen MR) is 210 cm³/mol. The molecule has 0 aliphatic heterocycles. The van der Waals surface area contributed by atoms with Gasteiger partial charge < -0.3 is 35.3 Å². The largest absolute Gasteiger partial charge is 0.461 e. The Bertz CT molecular complexity index is 1810. The highest BCUT2D eigenvalue weighted by molar-refractivity contribution is 5.90. The van der Waals surface area contributed by atoms with Crippen molar-refractivity contribution in [1.82, 2.24) is 16.0 Å². The van der Waals surface area contributed by atoms with Crippen molar-refractivity contribution in [2.75, 3.05) is 19.8 Å². The Morgan fingerprint density at radius 1 is 0.786 bits per heavy atom. The molecule has 0 radical (unpaired) electrons. The smallest absolute Gasteiger partial charge is 0.407 e. The van der Waals surface area contributed by atoms with Crippen LogP contribution in [-0.2, 0) is 40.0 Å². The molecule has 3 atom stereocenters. The van der Waals surface area contributed by atoms with Gasteiger partial charge in [0.2, 0.25) is 11.8 Å². The lowest BCUT2D eigenvalue weighted by molar-refractivity contribution is -0.156. The van der Waals surface area contributed by atoms with E-state index in [2.05, 4.69) is 29.1 Å². The molecule has 1 saturated carbocycles. The summed E-state index contributed by atoms with van der Waals surface area (Å²) in [5, 5.41) is 18.1. The minimum absolute atomic E-state index is 0.0370. The summed E-state index contributed by atoms with van der Waals surface area (Å²) in [4.78, 5) is 66.8. The van der Waals surface area contributed by atoms with Gasteiger partial charge in [0.1, 0.15) is 25.9 Å². The summed E-state index contributed by atoms with van der Waals surface area (Å²) < 4.78 is 16.7. The predicted octanol–water partition coefficient (Wildman–Crippen LogP) is 5.64. The molecule has 0 spiro atoms. The first kappa shape index (κ1) is 41.4. The average molecular weight is 766 g/mol. The van der Waals surface area contributed by atoms with E-state index in [4.69, 9.17) is 14.2 Å². The minimum atomic E-state index is -1.45. The van der Waals surface area contributed by atoms with Crippen molar-refractivity contribution >= 4 is 29.8 Å². The van der Waals surface area contributed by atoms with E-state index >= 15 is 0 Å². The summed E-state index contributed by atoms with van der Waals surface area (Å²) in [7, 11) is 0. The zero-order valence-corrected chi connectivity index (χ0v) is 31.6. The van der Waals surface area contributed by atoms with Gasteiger partial charge in [0, 0.05) is 12.3 Å². The number of hydrogen-bond donors (Lipinski definition) is 4. The Labute approximate surface area is 327 Å². The van der Waals surface area contributed by atoms with Crippen molar-refractivity contribution in [3.63, 3.8) is 0 Å². The molecule has 12 heteroatoms. The second kappa shape index (κ2) is 20.2. The van der Waals surface area contributed by atoms with Gasteiger partial charge in [-0.2, -0.15) is 0 Å². The van der Waals surface area contributed by atoms with Crippen molar-refractivity contribution in [1.29, 1.82) is 0 Å². The van der Waals surface area contributed by atoms with Crippen LogP contribution in [0.2, 0.25) is 0 Å². The van der Waals surface area contributed by atoms with Gasteiger partial charge in [0.25, 0.3) is 0 Å². The Balaban J connectivity index is 1.23. The van der Waals surface area contributed by atoms with Crippen LogP contribution in [-0.4, -0.2) is 72.4 Å². The van der Waals surface area contributed by atoms with Crippen molar-refractivity contribution in [2.24, 2.45) is 5.92 Å². The van der Waals surface area contributed by atoms with Crippen LogP contribution in [0, 0.1) is 5.92 Å². The van der Waals surface area contributed by atoms with Crippen LogP contribution < -0.4 is 16.0 Å². The molecule has 4 N–H and O–H groups in total. The van der Waals surface area contributed by atoms with Crippen LogP contribution in [0.5, 0.6) is 0 Å². The molecule has 0 saturated heterocycles. The van der Waals surface area contributed by atoms with Gasteiger partial charge >= 0.3 is 18.0 Å². The number of esters is 2. The molecule has 3 aromatic rings. The van der Waals surface area contributed by atoms with Gasteiger partial charge in [-0.3, -0.25) is 9.59 Å². The fourth-order valence-corrected chi connectivity index (χ4v) is 7.30. The van der Waals surface area contributed by atoms with Crippen molar-refractivity contribution in [3.05, 3.63) is 121 Å². The highest BCUT2D eigenvalue weighted by Crippen LogP contribution is 2.44. The highest BCUT2D eigenvalue weighted by atomic mass is 16.6. The molecule has 2 aliphatic rings. The fraction of sp³-hybridized carbons (Fsp3) is 0.386. The highest BCUT2D eigenvalue weighted by Gasteiger charge is 2.36. The number of aliphatic hydroxyl groups is 1. The Morgan fingerprint density at radius 3 is 2.04 bits per heavy atom. The Kier molecular flexibility index (Phi) is 15.0. The van der Waals surface area contributed by atoms with Crippen LogP contribution in [0.3, 0.4) is 0 Å². The normalized spacial score (nSPS) is 15.5. The molecule has 56 heavy (non-hydrogen) atoms. The number of rotatable bonds is 20. The lowest BCUT2D eigenvalue weighted by Crippen LogP contribution is -2.51. The van der Waals surface area contributed by atoms with Crippen LogP contribution in [0.15, 0.2) is 104 Å². The number of carbonyl (C=O) groups excluding carboxylic acids is 5. The molecule has 0 heterocycles. The van der Waals surface area contributed by atoms with E-state index in [9.17, 15) is 29.1 Å². The third kappa shape index (κ3) is 10.9. The molecular formula is C44H51N3O9. The van der Waals surface area contributed by atoms with Crippen molar-refractivity contribution < 1.29 is 43.3 Å². The van der Waals surface area contributed by atoms with Crippen LogP contribution in [0.1, 0.15) is 74.0 Å². The molecule has 296 valence electrons. The number of ether oxygens (including phenoxy) is 3. The lowest BCUT2D eigenvalue weighted by Gasteiger charge is -2.29. The van der Waals surface area contributed by atoms with E-state index < -0.39 is 60.0 Å². The minimum Gasteiger partial charge on any atom is -0.461 e. The third-order valence-electron chi connectivity index (χ3n) is 10.3. The van der Waals surface area contributed by atoms with E-state index in [1.54, 1.807) is 30.3 Å². The first-order valence-electron chi connectivity index (χ1n) is 19.1. The van der Waals surface area contributed by atoms with Crippen LogP contribution in [0.4, 0.5) is 4.79 Å². The number of fused-ring (bicyclic) bond motifs is 3. The average Bonchev–Trinajstić information content (AvgIpc) is 3.81. The number of allylic oxidation sites excluding steroid dienone is 2. The number of benzene rings is 3. The summed E-state index contributed by atoms with van der Waals surface area (Å²) in [6, 6.07) is 22.2. The Morgan fingerprint density at radius 2 is 1.41 bits per heavy atom. The van der Waals surface area contributed by atoms with E-state index in [1.165, 1.54) is 6.08 Å². The van der Waals surface area contributed by atoms with Crippen molar-refractivity contribution in [2.45, 2.75) is 81.5 Å². The van der Waals surface area contributed by atoms with Crippen molar-refractivity contribution in [3.8, 4) is 11.1 Å². The summed E-state index contributed by atoms with van der Waals surface area (Å²) in [6.07, 6.45) is 5.67. The monoisotopic (exact) mass is 765 g/mol. The third-order valence-corrected chi connectivity index (χ3v) is 10.3. The van der Waals surface area contributed by atoms with Gasteiger partial charge in [-0.15, -0.1) is 13.2 Å². The maximum atomic E-state index is 13.6. The maximum Gasteiger partial charge on any atom is 0.407 e. The first-order chi connectivity index (χ1) is 27.2. The van der Waals surface area contributed by atoms with Gasteiger partial charge in [-0.25, -0.2) is 14.4 Å². The van der Waals surface area contributed by atoms with Gasteiger partial charge in [0.15, 0.2) is 6.04 Å². The number of amides is 3. The zero-order valence-electron chi connectivity index (χ0n) is 31.6. The fourth-order valence-electron chi connectivity index (χ4n) is 7.30. The molecule has 3 amide bonds. The molecule has 3 unspecified atom stereocenters. The number of alkyl carbamates (subject to hydrolysis) is 1. The first-order valence-corrected chi connectivity index (χ1v) is 19.1. The quantitative estimate of drug-likeness (QED) is 0.0647. The van der Waals surface area contributed by atoms with Gasteiger partial charge in [-0.1, -0.05) is 104 Å². The van der Waals surface area contributed by atoms with E-state index in [0.29, 0.717) is 24.8 Å². The van der Waals surface area contributed by atoms with Crippen LogP contribution in [0.25, 0.3) is 11.1 Å². The van der Waals surface area contributed by atoms with E-state index in [-0.39, 0.29) is 45.0 Å².